The number of carboxylic acid groups (broad SMARTS) is 1. The molecule has 0 heterocycles. The van der Waals surface area contributed by atoms with Crippen LogP contribution in [0.25, 0.3) is 11.6 Å². The van der Waals surface area contributed by atoms with E-state index in [0.29, 0.717) is 17.9 Å². The van der Waals surface area contributed by atoms with Crippen molar-refractivity contribution in [3.63, 3.8) is 0 Å². The third-order valence-corrected chi connectivity index (χ3v) is 3.11. The van der Waals surface area contributed by atoms with Gasteiger partial charge in [-0.3, -0.25) is 0 Å². The highest BCUT2D eigenvalue weighted by Gasteiger charge is 2.11. The van der Waals surface area contributed by atoms with Gasteiger partial charge in [-0.25, -0.2) is 4.79 Å². The highest BCUT2D eigenvalue weighted by atomic mass is 16.5. The Labute approximate surface area is 129 Å². The summed E-state index contributed by atoms with van der Waals surface area (Å²) in [6.45, 7) is 2.47. The SMILES string of the molecule is CCOc1cccc(/C=C(\C(=O)O)c2ccc(OC)cc2)c1. The van der Waals surface area contributed by atoms with Crippen LogP contribution >= 0.6 is 0 Å². The van der Waals surface area contributed by atoms with Crippen molar-refractivity contribution < 1.29 is 19.4 Å². The number of carbonyl (C=O) groups is 1. The molecular formula is C18H18O4. The number of hydrogen-bond acceptors (Lipinski definition) is 3. The van der Waals surface area contributed by atoms with Gasteiger partial charge in [-0.05, 0) is 48.4 Å². The third kappa shape index (κ3) is 3.88. The van der Waals surface area contributed by atoms with Crippen LogP contribution in [-0.4, -0.2) is 24.8 Å². The van der Waals surface area contributed by atoms with Crippen molar-refractivity contribution in [1.82, 2.24) is 0 Å². The Morgan fingerprint density at radius 3 is 2.45 bits per heavy atom. The summed E-state index contributed by atoms with van der Waals surface area (Å²) in [7, 11) is 1.57. The van der Waals surface area contributed by atoms with Crippen LogP contribution in [0, 0.1) is 0 Å². The van der Waals surface area contributed by atoms with Crippen molar-refractivity contribution in [3.05, 3.63) is 59.7 Å². The molecule has 2 rings (SSSR count). The van der Waals surface area contributed by atoms with E-state index in [1.54, 1.807) is 37.5 Å². The predicted molar refractivity (Wildman–Crippen MR) is 86.1 cm³/mol. The average Bonchev–Trinajstić information content (AvgIpc) is 2.53. The van der Waals surface area contributed by atoms with Crippen LogP contribution < -0.4 is 9.47 Å². The maximum atomic E-state index is 11.5. The van der Waals surface area contributed by atoms with Crippen LogP contribution in [0.15, 0.2) is 48.5 Å². The lowest BCUT2D eigenvalue weighted by molar-refractivity contribution is -0.130. The lowest BCUT2D eigenvalue weighted by Crippen LogP contribution is -2.00. The van der Waals surface area contributed by atoms with Gasteiger partial charge in [0.1, 0.15) is 11.5 Å². The van der Waals surface area contributed by atoms with Crippen LogP contribution in [0.2, 0.25) is 0 Å². The molecule has 114 valence electrons. The van der Waals surface area contributed by atoms with E-state index in [-0.39, 0.29) is 5.57 Å². The molecule has 0 unspecified atom stereocenters. The standard InChI is InChI=1S/C18H18O4/c1-3-22-16-6-4-5-13(11-16)12-17(18(19)20)14-7-9-15(21-2)10-8-14/h4-12H,3H2,1-2H3,(H,19,20)/b17-12-. The zero-order chi connectivity index (χ0) is 15.9. The molecule has 0 fully saturated rings. The van der Waals surface area contributed by atoms with E-state index in [4.69, 9.17) is 9.47 Å². The molecule has 0 aromatic heterocycles. The number of benzene rings is 2. The first kappa shape index (κ1) is 15.6. The van der Waals surface area contributed by atoms with Crippen molar-refractivity contribution in [2.75, 3.05) is 13.7 Å². The van der Waals surface area contributed by atoms with Gasteiger partial charge in [-0.1, -0.05) is 24.3 Å². The molecule has 0 atom stereocenters. The molecule has 1 N–H and O–H groups in total. The second kappa shape index (κ2) is 7.31. The second-order valence-electron chi connectivity index (χ2n) is 4.60. The highest BCUT2D eigenvalue weighted by molar-refractivity contribution is 6.20. The first-order valence-corrected chi connectivity index (χ1v) is 6.96. The molecule has 0 radical (unpaired) electrons. The lowest BCUT2D eigenvalue weighted by atomic mass is 10.0. The molecule has 0 aliphatic carbocycles. The van der Waals surface area contributed by atoms with Crippen LogP contribution in [0.3, 0.4) is 0 Å². The van der Waals surface area contributed by atoms with Gasteiger partial charge >= 0.3 is 5.97 Å². The molecule has 0 amide bonds. The Bertz CT molecular complexity index is 672. The van der Waals surface area contributed by atoms with Crippen LogP contribution in [-0.2, 0) is 4.79 Å². The minimum Gasteiger partial charge on any atom is -0.497 e. The summed E-state index contributed by atoms with van der Waals surface area (Å²) in [5.74, 6) is 0.425. The Kier molecular flexibility index (Phi) is 5.20. The Morgan fingerprint density at radius 1 is 1.14 bits per heavy atom. The van der Waals surface area contributed by atoms with Gasteiger partial charge in [-0.2, -0.15) is 0 Å². The van der Waals surface area contributed by atoms with Crippen LogP contribution in [0.1, 0.15) is 18.1 Å². The maximum Gasteiger partial charge on any atom is 0.336 e. The summed E-state index contributed by atoms with van der Waals surface area (Å²) in [5, 5.41) is 9.46. The molecule has 0 bridgehead atoms. The quantitative estimate of drug-likeness (QED) is 0.652. The van der Waals surface area contributed by atoms with Crippen molar-refractivity contribution >= 4 is 17.6 Å². The fourth-order valence-corrected chi connectivity index (χ4v) is 2.07. The zero-order valence-electron chi connectivity index (χ0n) is 12.6. The van der Waals surface area contributed by atoms with E-state index in [1.807, 2.05) is 31.2 Å². The molecule has 4 nitrogen and oxygen atoms in total. The van der Waals surface area contributed by atoms with Crippen molar-refractivity contribution in [3.8, 4) is 11.5 Å². The summed E-state index contributed by atoms with van der Waals surface area (Å²) in [5.41, 5.74) is 1.62. The Morgan fingerprint density at radius 2 is 1.86 bits per heavy atom. The van der Waals surface area contributed by atoms with Crippen molar-refractivity contribution in [2.24, 2.45) is 0 Å². The molecule has 2 aromatic carbocycles. The van der Waals surface area contributed by atoms with Crippen LogP contribution in [0.4, 0.5) is 0 Å². The molecule has 0 aliphatic rings. The molecule has 0 saturated carbocycles. The van der Waals surface area contributed by atoms with Gasteiger partial charge in [0.2, 0.25) is 0 Å². The van der Waals surface area contributed by atoms with E-state index < -0.39 is 5.97 Å². The van der Waals surface area contributed by atoms with E-state index in [9.17, 15) is 9.90 Å². The van der Waals surface area contributed by atoms with Crippen LogP contribution in [0.5, 0.6) is 11.5 Å². The highest BCUT2D eigenvalue weighted by Crippen LogP contribution is 2.23. The van der Waals surface area contributed by atoms with Gasteiger partial charge in [0.15, 0.2) is 0 Å². The maximum absolute atomic E-state index is 11.5. The van der Waals surface area contributed by atoms with Gasteiger partial charge in [0.05, 0.1) is 19.3 Å². The molecule has 0 saturated heterocycles. The number of ether oxygens (including phenoxy) is 2. The minimum atomic E-state index is -0.980. The summed E-state index contributed by atoms with van der Waals surface area (Å²) in [4.78, 5) is 11.5. The number of methoxy groups -OCH3 is 1. The molecule has 0 spiro atoms. The van der Waals surface area contributed by atoms with Gasteiger partial charge in [0.25, 0.3) is 0 Å². The van der Waals surface area contributed by atoms with E-state index in [2.05, 4.69) is 0 Å². The van der Waals surface area contributed by atoms with Crippen molar-refractivity contribution in [2.45, 2.75) is 6.92 Å². The number of aliphatic carboxylic acids is 1. The van der Waals surface area contributed by atoms with Crippen molar-refractivity contribution in [1.29, 1.82) is 0 Å². The van der Waals surface area contributed by atoms with Gasteiger partial charge < -0.3 is 14.6 Å². The second-order valence-corrected chi connectivity index (χ2v) is 4.60. The first-order valence-electron chi connectivity index (χ1n) is 6.96. The Hall–Kier alpha value is -2.75. The minimum absolute atomic E-state index is 0.219. The fourth-order valence-electron chi connectivity index (χ4n) is 2.07. The smallest absolute Gasteiger partial charge is 0.336 e. The lowest BCUT2D eigenvalue weighted by Gasteiger charge is -2.06. The fraction of sp³-hybridized carbons (Fsp3) is 0.167. The van der Waals surface area contributed by atoms with Gasteiger partial charge in [-0.15, -0.1) is 0 Å². The summed E-state index contributed by atoms with van der Waals surface area (Å²) >= 11 is 0. The molecule has 22 heavy (non-hydrogen) atoms. The summed E-state index contributed by atoms with van der Waals surface area (Å²) < 4.78 is 10.5. The predicted octanol–water partition coefficient (Wildman–Crippen LogP) is 3.72. The topological polar surface area (TPSA) is 55.8 Å². The number of carboxylic acids is 1. The number of rotatable bonds is 6. The van der Waals surface area contributed by atoms with E-state index in [0.717, 1.165) is 11.3 Å². The molecule has 0 aliphatic heterocycles. The van der Waals surface area contributed by atoms with E-state index in [1.165, 1.54) is 0 Å². The molecule has 2 aromatic rings. The first-order chi connectivity index (χ1) is 10.6. The van der Waals surface area contributed by atoms with E-state index >= 15 is 0 Å². The zero-order valence-corrected chi connectivity index (χ0v) is 12.6. The third-order valence-electron chi connectivity index (χ3n) is 3.11. The normalized spacial score (nSPS) is 11.1. The monoisotopic (exact) mass is 298 g/mol. The molecular weight excluding hydrogens is 280 g/mol. The molecule has 4 heteroatoms. The Balaban J connectivity index is 2.38. The largest absolute Gasteiger partial charge is 0.497 e. The average molecular weight is 298 g/mol. The summed E-state index contributed by atoms with van der Waals surface area (Å²) in [6, 6.07) is 14.3. The number of hydrogen-bond donors (Lipinski definition) is 1. The summed E-state index contributed by atoms with van der Waals surface area (Å²) in [6.07, 6.45) is 1.63. The van der Waals surface area contributed by atoms with Gasteiger partial charge in [0, 0.05) is 0 Å².